The van der Waals surface area contributed by atoms with E-state index in [9.17, 15) is 14.9 Å². The van der Waals surface area contributed by atoms with Crippen molar-refractivity contribution in [2.24, 2.45) is 0 Å². The Balaban J connectivity index is 1.96. The van der Waals surface area contributed by atoms with E-state index in [1.807, 2.05) is 36.4 Å². The van der Waals surface area contributed by atoms with Gasteiger partial charge in [0.25, 0.3) is 0 Å². The Morgan fingerprint density at radius 2 is 1.43 bits per heavy atom. The number of ether oxygens (including phenoxy) is 1. The minimum absolute atomic E-state index is 0.0386. The fraction of sp³-hybridized carbons (Fsp3) is 0.174. The molecule has 142 valence electrons. The molecule has 2 atom stereocenters. The van der Waals surface area contributed by atoms with Crippen molar-refractivity contribution < 1.29 is 14.5 Å². The van der Waals surface area contributed by atoms with Crippen LogP contribution >= 0.6 is 0 Å². The molecule has 0 N–H and O–H groups in total. The molecule has 0 radical (unpaired) electrons. The van der Waals surface area contributed by atoms with E-state index in [4.69, 9.17) is 4.74 Å². The van der Waals surface area contributed by atoms with Crippen molar-refractivity contribution in [3.63, 3.8) is 0 Å². The molecule has 0 aromatic heterocycles. The van der Waals surface area contributed by atoms with Gasteiger partial charge in [0.05, 0.1) is 13.0 Å². The highest BCUT2D eigenvalue weighted by Gasteiger charge is 2.36. The van der Waals surface area contributed by atoms with Gasteiger partial charge in [0.15, 0.2) is 5.78 Å². The lowest BCUT2D eigenvalue weighted by Crippen LogP contribution is -2.22. The van der Waals surface area contributed by atoms with Gasteiger partial charge in [-0.2, -0.15) is 0 Å². The maximum Gasteiger partial charge on any atom is 0.245 e. The fourth-order valence-corrected chi connectivity index (χ4v) is 3.36. The monoisotopic (exact) mass is 375 g/mol. The Morgan fingerprint density at radius 1 is 0.893 bits per heavy atom. The van der Waals surface area contributed by atoms with Gasteiger partial charge in [0.2, 0.25) is 6.04 Å². The number of nitrogens with zero attached hydrogens (tertiary/aromatic N) is 1. The van der Waals surface area contributed by atoms with Gasteiger partial charge in [0, 0.05) is 22.5 Å². The first kappa shape index (κ1) is 19.3. The molecule has 28 heavy (non-hydrogen) atoms. The van der Waals surface area contributed by atoms with Gasteiger partial charge in [-0.05, 0) is 29.8 Å². The topological polar surface area (TPSA) is 69.4 Å². The van der Waals surface area contributed by atoms with Crippen LogP contribution in [0.15, 0.2) is 84.9 Å². The Labute approximate surface area is 163 Å². The number of carbonyl (C=O) groups excluding carboxylic acids is 1. The lowest BCUT2D eigenvalue weighted by Gasteiger charge is -2.21. The molecule has 0 bridgehead atoms. The van der Waals surface area contributed by atoms with E-state index in [0.717, 1.165) is 5.56 Å². The predicted octanol–water partition coefficient (Wildman–Crippen LogP) is 5.07. The zero-order valence-electron chi connectivity index (χ0n) is 15.5. The van der Waals surface area contributed by atoms with Crippen LogP contribution in [0.4, 0.5) is 0 Å². The molecule has 0 aliphatic rings. The Morgan fingerprint density at radius 3 is 1.93 bits per heavy atom. The molecule has 5 nitrogen and oxygen atoms in total. The average molecular weight is 375 g/mol. The molecule has 0 amide bonds. The summed E-state index contributed by atoms with van der Waals surface area (Å²) in [5.74, 6) is -0.0592. The number of hydrogen-bond donors (Lipinski definition) is 0. The molecule has 0 aliphatic heterocycles. The van der Waals surface area contributed by atoms with Crippen molar-refractivity contribution in [1.82, 2.24) is 0 Å². The maximum atomic E-state index is 12.9. The first-order valence-corrected chi connectivity index (χ1v) is 9.01. The largest absolute Gasteiger partial charge is 0.497 e. The highest BCUT2D eigenvalue weighted by Crippen LogP contribution is 2.37. The van der Waals surface area contributed by atoms with Crippen molar-refractivity contribution in [1.29, 1.82) is 0 Å². The normalized spacial score (nSPS) is 12.8. The van der Waals surface area contributed by atoms with E-state index in [0.29, 0.717) is 16.9 Å². The number of Topliss-reactive ketones (excluding diaryl/α,β-unsaturated/α-hetero) is 1. The summed E-state index contributed by atoms with van der Waals surface area (Å²) in [6.07, 6.45) is 0.0386. The smallest absolute Gasteiger partial charge is 0.245 e. The van der Waals surface area contributed by atoms with Crippen molar-refractivity contribution in [2.75, 3.05) is 7.11 Å². The van der Waals surface area contributed by atoms with Crippen LogP contribution in [-0.4, -0.2) is 17.8 Å². The van der Waals surface area contributed by atoms with E-state index in [1.165, 1.54) is 0 Å². The quantitative estimate of drug-likeness (QED) is 0.313. The summed E-state index contributed by atoms with van der Waals surface area (Å²) in [4.78, 5) is 24.6. The lowest BCUT2D eigenvalue weighted by molar-refractivity contribution is -0.533. The second-order valence-corrected chi connectivity index (χ2v) is 6.51. The molecule has 3 aromatic rings. The van der Waals surface area contributed by atoms with Crippen LogP contribution in [0, 0.1) is 10.1 Å². The van der Waals surface area contributed by atoms with E-state index < -0.39 is 12.0 Å². The van der Waals surface area contributed by atoms with Gasteiger partial charge in [-0.1, -0.05) is 60.7 Å². The summed E-state index contributed by atoms with van der Waals surface area (Å²) in [7, 11) is 1.56. The molecular formula is C23H21NO4. The molecule has 5 heteroatoms. The standard InChI is InChI=1S/C23H21NO4/c1-28-20-14-12-18(13-15-20)22(25)16-21(17-8-4-2-5-9-17)23(24(26)27)19-10-6-3-7-11-19/h2-15,21,23H,16H2,1H3/t21-,23-/m1/s1. The third-order valence-corrected chi connectivity index (χ3v) is 4.79. The summed E-state index contributed by atoms with van der Waals surface area (Å²) in [6, 6.07) is 23.9. The van der Waals surface area contributed by atoms with Gasteiger partial charge in [0.1, 0.15) is 5.75 Å². The van der Waals surface area contributed by atoms with Crippen molar-refractivity contribution in [3.05, 3.63) is 112 Å². The molecule has 0 heterocycles. The van der Waals surface area contributed by atoms with Crippen LogP contribution in [0.3, 0.4) is 0 Å². The Bertz CT molecular complexity index is 924. The van der Waals surface area contributed by atoms with Gasteiger partial charge >= 0.3 is 0 Å². The van der Waals surface area contributed by atoms with E-state index in [1.54, 1.807) is 55.6 Å². The lowest BCUT2D eigenvalue weighted by atomic mass is 9.83. The average Bonchev–Trinajstić information content (AvgIpc) is 2.74. The van der Waals surface area contributed by atoms with Crippen LogP contribution in [0.5, 0.6) is 5.75 Å². The van der Waals surface area contributed by atoms with Gasteiger partial charge < -0.3 is 4.74 Å². The molecule has 0 saturated carbocycles. The molecule has 0 unspecified atom stereocenters. The Hall–Kier alpha value is -3.47. The summed E-state index contributed by atoms with van der Waals surface area (Å²) in [5, 5.41) is 12.0. The highest BCUT2D eigenvalue weighted by atomic mass is 16.6. The van der Waals surface area contributed by atoms with Crippen LogP contribution in [0.1, 0.15) is 39.9 Å². The number of ketones is 1. The third-order valence-electron chi connectivity index (χ3n) is 4.79. The van der Waals surface area contributed by atoms with Crippen LogP contribution < -0.4 is 4.74 Å². The minimum Gasteiger partial charge on any atom is -0.497 e. The third kappa shape index (κ3) is 4.43. The summed E-state index contributed by atoms with van der Waals surface area (Å²) < 4.78 is 5.13. The second-order valence-electron chi connectivity index (χ2n) is 6.51. The number of methoxy groups -OCH3 is 1. The minimum atomic E-state index is -1.01. The Kier molecular flexibility index (Phi) is 6.17. The highest BCUT2D eigenvalue weighted by molar-refractivity contribution is 5.96. The van der Waals surface area contributed by atoms with Gasteiger partial charge in [-0.15, -0.1) is 0 Å². The second kappa shape index (κ2) is 8.95. The van der Waals surface area contributed by atoms with Crippen molar-refractivity contribution >= 4 is 5.78 Å². The van der Waals surface area contributed by atoms with Gasteiger partial charge in [-0.3, -0.25) is 14.9 Å². The van der Waals surface area contributed by atoms with Crippen LogP contribution in [0.25, 0.3) is 0 Å². The van der Waals surface area contributed by atoms with E-state index in [-0.39, 0.29) is 17.1 Å². The first-order chi connectivity index (χ1) is 13.6. The number of carbonyl (C=O) groups is 1. The zero-order chi connectivity index (χ0) is 19.9. The molecule has 0 saturated heterocycles. The van der Waals surface area contributed by atoms with Crippen molar-refractivity contribution in [2.45, 2.75) is 18.4 Å². The van der Waals surface area contributed by atoms with Crippen molar-refractivity contribution in [3.8, 4) is 5.75 Å². The maximum absolute atomic E-state index is 12.9. The van der Waals surface area contributed by atoms with Gasteiger partial charge in [-0.25, -0.2) is 0 Å². The van der Waals surface area contributed by atoms with Crippen LogP contribution in [0.2, 0.25) is 0 Å². The van der Waals surface area contributed by atoms with E-state index in [2.05, 4.69) is 0 Å². The molecule has 0 fully saturated rings. The molecular weight excluding hydrogens is 354 g/mol. The van der Waals surface area contributed by atoms with E-state index >= 15 is 0 Å². The predicted molar refractivity (Wildman–Crippen MR) is 107 cm³/mol. The summed E-state index contributed by atoms with van der Waals surface area (Å²) >= 11 is 0. The van der Waals surface area contributed by atoms with Crippen LogP contribution in [-0.2, 0) is 0 Å². The fourth-order valence-electron chi connectivity index (χ4n) is 3.36. The molecule has 0 spiro atoms. The summed E-state index contributed by atoms with van der Waals surface area (Å²) in [5.41, 5.74) is 1.87. The summed E-state index contributed by atoms with van der Waals surface area (Å²) in [6.45, 7) is 0. The SMILES string of the molecule is COc1ccc(C(=O)C[C@H](c2ccccc2)[C@@H](c2ccccc2)[N+](=O)[O-])cc1. The number of hydrogen-bond acceptors (Lipinski definition) is 4. The molecule has 3 aromatic carbocycles. The molecule has 0 aliphatic carbocycles. The number of nitro groups is 1. The zero-order valence-corrected chi connectivity index (χ0v) is 15.5. The number of rotatable bonds is 8. The number of benzene rings is 3. The first-order valence-electron chi connectivity index (χ1n) is 9.01. The molecule has 3 rings (SSSR count).